The number of aromatic amines is 1. The van der Waals surface area contributed by atoms with Crippen LogP contribution in [0.15, 0.2) is 54.7 Å². The van der Waals surface area contributed by atoms with Gasteiger partial charge in [0.15, 0.2) is 0 Å². The topological polar surface area (TPSA) is 65.6 Å². The van der Waals surface area contributed by atoms with Crippen molar-refractivity contribution in [3.63, 3.8) is 0 Å². The zero-order chi connectivity index (χ0) is 19.5. The predicted octanol–water partition coefficient (Wildman–Crippen LogP) is 5.28. The molecule has 0 saturated heterocycles. The summed E-state index contributed by atoms with van der Waals surface area (Å²) in [5, 5.41) is 8.11. The fourth-order valence-electron chi connectivity index (χ4n) is 3.58. The van der Waals surface area contributed by atoms with Crippen molar-refractivity contribution in [1.82, 2.24) is 15.0 Å². The molecule has 0 aliphatic rings. The van der Waals surface area contributed by atoms with Crippen LogP contribution in [0.1, 0.15) is 22.5 Å². The highest BCUT2D eigenvalue weighted by atomic mass is 15.1. The molecule has 3 N–H and O–H groups in total. The van der Waals surface area contributed by atoms with Gasteiger partial charge in [-0.15, -0.1) is 0 Å². The second kappa shape index (κ2) is 7.72. The third-order valence-electron chi connectivity index (χ3n) is 4.71. The van der Waals surface area contributed by atoms with Gasteiger partial charge in [-0.3, -0.25) is 0 Å². The van der Waals surface area contributed by atoms with Gasteiger partial charge in [-0.2, -0.15) is 0 Å². The summed E-state index contributed by atoms with van der Waals surface area (Å²) in [6, 6.07) is 16.7. The Morgan fingerprint density at radius 1 is 0.893 bits per heavy atom. The molecule has 142 valence electrons. The van der Waals surface area contributed by atoms with E-state index in [2.05, 4.69) is 88.1 Å². The highest BCUT2D eigenvalue weighted by Crippen LogP contribution is 2.21. The lowest BCUT2D eigenvalue weighted by atomic mass is 10.1. The predicted molar refractivity (Wildman–Crippen MR) is 116 cm³/mol. The number of nitrogens with one attached hydrogen (secondary N) is 3. The van der Waals surface area contributed by atoms with Crippen LogP contribution < -0.4 is 10.6 Å². The average molecular weight is 371 g/mol. The van der Waals surface area contributed by atoms with Crippen molar-refractivity contribution >= 4 is 28.2 Å². The van der Waals surface area contributed by atoms with Gasteiger partial charge in [0.1, 0.15) is 17.5 Å². The summed E-state index contributed by atoms with van der Waals surface area (Å²) < 4.78 is 0. The van der Waals surface area contributed by atoms with Gasteiger partial charge >= 0.3 is 0 Å². The number of anilines is 3. The summed E-state index contributed by atoms with van der Waals surface area (Å²) in [6.07, 6.45) is 3.01. The molecule has 28 heavy (non-hydrogen) atoms. The third-order valence-corrected chi connectivity index (χ3v) is 4.71. The number of hydrogen-bond donors (Lipinski definition) is 3. The lowest BCUT2D eigenvalue weighted by Crippen LogP contribution is -2.08. The monoisotopic (exact) mass is 371 g/mol. The van der Waals surface area contributed by atoms with Crippen molar-refractivity contribution in [1.29, 1.82) is 0 Å². The molecule has 0 bridgehead atoms. The molecule has 2 heterocycles. The van der Waals surface area contributed by atoms with E-state index in [4.69, 9.17) is 0 Å². The minimum atomic E-state index is 0.740. The number of H-pyrrole nitrogens is 1. The first-order valence-electron chi connectivity index (χ1n) is 9.57. The Morgan fingerprint density at radius 3 is 2.46 bits per heavy atom. The van der Waals surface area contributed by atoms with E-state index < -0.39 is 0 Å². The smallest absolute Gasteiger partial charge is 0.136 e. The number of nitrogens with zero attached hydrogens (tertiary/aromatic N) is 2. The minimum Gasteiger partial charge on any atom is -0.370 e. The summed E-state index contributed by atoms with van der Waals surface area (Å²) in [5.41, 5.74) is 5.98. The number of aromatic nitrogens is 3. The van der Waals surface area contributed by atoms with Crippen LogP contribution >= 0.6 is 0 Å². The van der Waals surface area contributed by atoms with Gasteiger partial charge in [0.25, 0.3) is 0 Å². The Morgan fingerprint density at radius 2 is 1.64 bits per heavy atom. The molecular formula is C23H25N5. The van der Waals surface area contributed by atoms with Crippen LogP contribution in [-0.4, -0.2) is 21.5 Å². The second-order valence-electron chi connectivity index (χ2n) is 7.22. The third kappa shape index (κ3) is 4.14. The number of para-hydroxylation sites is 1. The summed E-state index contributed by atoms with van der Waals surface area (Å²) in [6.45, 7) is 6.92. The normalized spacial score (nSPS) is 11.0. The molecule has 0 spiro atoms. The molecule has 0 radical (unpaired) electrons. The van der Waals surface area contributed by atoms with Crippen molar-refractivity contribution < 1.29 is 0 Å². The van der Waals surface area contributed by atoms with Crippen LogP contribution in [0.3, 0.4) is 0 Å². The maximum atomic E-state index is 4.52. The Balaban J connectivity index is 1.45. The number of hydrogen-bond acceptors (Lipinski definition) is 4. The van der Waals surface area contributed by atoms with Crippen LogP contribution in [-0.2, 0) is 6.42 Å². The first-order valence-corrected chi connectivity index (χ1v) is 9.57. The van der Waals surface area contributed by atoms with Gasteiger partial charge in [-0.1, -0.05) is 24.3 Å². The fraction of sp³-hybridized carbons (Fsp3) is 0.217. The lowest BCUT2D eigenvalue weighted by Gasteiger charge is -2.11. The summed E-state index contributed by atoms with van der Waals surface area (Å²) in [4.78, 5) is 12.4. The highest BCUT2D eigenvalue weighted by molar-refractivity contribution is 5.83. The SMILES string of the molecule is Cc1cc(C)cc(Nc2cc(NCCc3c[nH]c4ccccc34)nc(C)n2)c1. The zero-order valence-electron chi connectivity index (χ0n) is 16.5. The van der Waals surface area contributed by atoms with Gasteiger partial charge in [0, 0.05) is 35.4 Å². The van der Waals surface area contributed by atoms with E-state index in [0.29, 0.717) is 0 Å². The molecular weight excluding hydrogens is 346 g/mol. The number of rotatable bonds is 6. The van der Waals surface area contributed by atoms with Crippen LogP contribution in [0.25, 0.3) is 10.9 Å². The molecule has 5 nitrogen and oxygen atoms in total. The molecule has 2 aromatic heterocycles. The number of fused-ring (bicyclic) bond motifs is 1. The molecule has 0 amide bonds. The Labute approximate surface area is 165 Å². The lowest BCUT2D eigenvalue weighted by molar-refractivity contribution is 0.988. The van der Waals surface area contributed by atoms with E-state index in [1.165, 1.54) is 27.6 Å². The second-order valence-corrected chi connectivity index (χ2v) is 7.22. The molecule has 0 saturated carbocycles. The maximum absolute atomic E-state index is 4.52. The van der Waals surface area contributed by atoms with Crippen molar-refractivity contribution in [3.8, 4) is 0 Å². The van der Waals surface area contributed by atoms with Gasteiger partial charge < -0.3 is 15.6 Å². The maximum Gasteiger partial charge on any atom is 0.136 e. The Kier molecular flexibility index (Phi) is 4.98. The van der Waals surface area contributed by atoms with E-state index >= 15 is 0 Å². The van der Waals surface area contributed by atoms with Crippen molar-refractivity contribution in [2.45, 2.75) is 27.2 Å². The van der Waals surface area contributed by atoms with E-state index in [1.807, 2.05) is 13.0 Å². The largest absolute Gasteiger partial charge is 0.370 e. The molecule has 2 aromatic carbocycles. The van der Waals surface area contributed by atoms with E-state index in [9.17, 15) is 0 Å². The molecule has 0 aliphatic carbocycles. The van der Waals surface area contributed by atoms with E-state index in [1.54, 1.807) is 0 Å². The van der Waals surface area contributed by atoms with Crippen LogP contribution in [0, 0.1) is 20.8 Å². The average Bonchev–Trinajstić information content (AvgIpc) is 3.04. The highest BCUT2D eigenvalue weighted by Gasteiger charge is 2.05. The van der Waals surface area contributed by atoms with E-state index in [0.717, 1.165) is 36.1 Å². The van der Waals surface area contributed by atoms with Crippen molar-refractivity contribution in [2.24, 2.45) is 0 Å². The Bertz CT molecular complexity index is 1090. The standard InChI is InChI=1S/C23H25N5/c1-15-10-16(2)12-19(11-15)28-23-13-22(26-17(3)27-23)24-9-8-18-14-25-21-7-5-4-6-20(18)21/h4-7,10-14,25H,8-9H2,1-3H3,(H2,24,26,27,28). The first kappa shape index (κ1) is 18.0. The minimum absolute atomic E-state index is 0.740. The number of aryl methyl sites for hydroxylation is 3. The summed E-state index contributed by atoms with van der Waals surface area (Å²) in [7, 11) is 0. The fourth-order valence-corrected chi connectivity index (χ4v) is 3.58. The van der Waals surface area contributed by atoms with Gasteiger partial charge in [0.05, 0.1) is 0 Å². The Hall–Kier alpha value is -3.34. The molecule has 4 rings (SSSR count). The molecule has 5 heteroatoms. The van der Waals surface area contributed by atoms with Crippen molar-refractivity contribution in [3.05, 3.63) is 77.2 Å². The summed E-state index contributed by atoms with van der Waals surface area (Å²) >= 11 is 0. The molecule has 4 aromatic rings. The van der Waals surface area contributed by atoms with E-state index in [-0.39, 0.29) is 0 Å². The van der Waals surface area contributed by atoms with Gasteiger partial charge in [0.2, 0.25) is 0 Å². The van der Waals surface area contributed by atoms with Crippen LogP contribution in [0.4, 0.5) is 17.3 Å². The van der Waals surface area contributed by atoms with Gasteiger partial charge in [-0.05, 0) is 62.1 Å². The van der Waals surface area contributed by atoms with Crippen molar-refractivity contribution in [2.75, 3.05) is 17.2 Å². The molecule has 0 aliphatic heterocycles. The molecule has 0 atom stereocenters. The van der Waals surface area contributed by atoms with Crippen LogP contribution in [0.2, 0.25) is 0 Å². The van der Waals surface area contributed by atoms with Gasteiger partial charge in [-0.25, -0.2) is 9.97 Å². The van der Waals surface area contributed by atoms with Crippen LogP contribution in [0.5, 0.6) is 0 Å². The summed E-state index contributed by atoms with van der Waals surface area (Å²) in [5.74, 6) is 2.37. The number of benzene rings is 2. The first-order chi connectivity index (χ1) is 13.6. The molecule has 0 unspecified atom stereocenters. The quantitative estimate of drug-likeness (QED) is 0.431. The zero-order valence-corrected chi connectivity index (χ0v) is 16.5. The molecule has 0 fully saturated rings.